The average molecular weight is 491 g/mol. The summed E-state index contributed by atoms with van der Waals surface area (Å²) >= 11 is 3.22. The zero-order valence-corrected chi connectivity index (χ0v) is 21.0. The summed E-state index contributed by atoms with van der Waals surface area (Å²) in [4.78, 5) is 33.8. The van der Waals surface area contributed by atoms with Crippen LogP contribution in [0, 0.1) is 20.8 Å². The molecular weight excluding hydrogens is 464 g/mol. The summed E-state index contributed by atoms with van der Waals surface area (Å²) in [6, 6.07) is 14.0. The summed E-state index contributed by atoms with van der Waals surface area (Å²) in [6.45, 7) is 6.43. The number of imidazole rings is 1. The lowest BCUT2D eigenvalue weighted by Gasteiger charge is -2.25. The summed E-state index contributed by atoms with van der Waals surface area (Å²) < 4.78 is 1.82. The molecular formula is C26H26N4O2S2. The molecule has 1 aliphatic heterocycles. The molecule has 174 valence electrons. The van der Waals surface area contributed by atoms with E-state index in [-0.39, 0.29) is 17.9 Å². The van der Waals surface area contributed by atoms with Crippen molar-refractivity contribution in [3.8, 4) is 11.1 Å². The number of aromatic nitrogens is 2. The number of rotatable bonds is 5. The van der Waals surface area contributed by atoms with Crippen molar-refractivity contribution < 1.29 is 9.59 Å². The van der Waals surface area contributed by atoms with Crippen molar-refractivity contribution in [1.29, 1.82) is 0 Å². The molecule has 1 atom stereocenters. The van der Waals surface area contributed by atoms with Crippen molar-refractivity contribution in [3.63, 3.8) is 0 Å². The molecule has 2 aromatic heterocycles. The minimum absolute atomic E-state index is 0.00108. The van der Waals surface area contributed by atoms with Crippen molar-refractivity contribution >= 4 is 39.9 Å². The fraction of sp³-hybridized carbons (Fsp3) is 0.269. The van der Waals surface area contributed by atoms with E-state index in [1.165, 1.54) is 22.5 Å². The highest BCUT2D eigenvalue weighted by Crippen LogP contribution is 2.30. The molecule has 0 saturated carbocycles. The number of nitrogens with zero attached hydrogens (tertiary/aromatic N) is 3. The Morgan fingerprint density at radius 2 is 1.94 bits per heavy atom. The van der Waals surface area contributed by atoms with Crippen LogP contribution in [0.25, 0.3) is 16.1 Å². The second-order valence-electron chi connectivity index (χ2n) is 8.58. The summed E-state index contributed by atoms with van der Waals surface area (Å²) in [6.07, 6.45) is 1.86. The Morgan fingerprint density at radius 1 is 1.12 bits per heavy atom. The monoisotopic (exact) mass is 490 g/mol. The number of hydrogen-bond acceptors (Lipinski definition) is 5. The molecule has 6 nitrogen and oxygen atoms in total. The Labute approximate surface area is 207 Å². The molecule has 1 aliphatic rings. The third-order valence-electron chi connectivity index (χ3n) is 6.37. The Balaban J connectivity index is 1.35. The van der Waals surface area contributed by atoms with E-state index >= 15 is 0 Å². The standard InChI is InChI=1S/C26H26N4O2S2/c1-16-8-9-19(12-17(16)2)21-6-4-5-7-22(21)25(32)30-15-33-14-20(30)13-27-24(31)23-18(3)28-26-29(23)10-11-34-26/h4-12,20H,13-15H2,1-3H3,(H,27,31)/t20-/m1/s1. The van der Waals surface area contributed by atoms with E-state index in [1.54, 1.807) is 11.8 Å². The molecule has 3 heterocycles. The van der Waals surface area contributed by atoms with Crippen molar-refractivity contribution in [2.24, 2.45) is 0 Å². The smallest absolute Gasteiger partial charge is 0.270 e. The van der Waals surface area contributed by atoms with Gasteiger partial charge in [-0.15, -0.1) is 23.1 Å². The third kappa shape index (κ3) is 4.12. The molecule has 0 bridgehead atoms. The molecule has 1 fully saturated rings. The van der Waals surface area contributed by atoms with Crippen molar-refractivity contribution in [3.05, 3.63) is 82.1 Å². The van der Waals surface area contributed by atoms with Gasteiger partial charge in [-0.05, 0) is 49.1 Å². The van der Waals surface area contributed by atoms with E-state index in [0.29, 0.717) is 29.4 Å². The van der Waals surface area contributed by atoms with E-state index in [4.69, 9.17) is 0 Å². The molecule has 8 heteroatoms. The van der Waals surface area contributed by atoms with E-state index < -0.39 is 0 Å². The van der Waals surface area contributed by atoms with Gasteiger partial charge < -0.3 is 10.2 Å². The fourth-order valence-electron chi connectivity index (χ4n) is 4.32. The van der Waals surface area contributed by atoms with Crippen molar-refractivity contribution in [2.45, 2.75) is 26.8 Å². The number of aryl methyl sites for hydroxylation is 3. The van der Waals surface area contributed by atoms with Gasteiger partial charge in [0.15, 0.2) is 4.96 Å². The molecule has 34 heavy (non-hydrogen) atoms. The lowest BCUT2D eigenvalue weighted by molar-refractivity contribution is 0.0736. The summed E-state index contributed by atoms with van der Waals surface area (Å²) in [5.41, 5.74) is 6.36. The second-order valence-corrected chi connectivity index (χ2v) is 10.5. The number of hydrogen-bond donors (Lipinski definition) is 1. The number of benzene rings is 2. The quantitative estimate of drug-likeness (QED) is 0.431. The van der Waals surface area contributed by atoms with Crippen LogP contribution in [-0.2, 0) is 0 Å². The highest BCUT2D eigenvalue weighted by Gasteiger charge is 2.32. The van der Waals surface area contributed by atoms with Crippen LogP contribution in [0.15, 0.2) is 54.0 Å². The largest absolute Gasteiger partial charge is 0.349 e. The molecule has 5 rings (SSSR count). The molecule has 1 N–H and O–H groups in total. The van der Waals surface area contributed by atoms with Gasteiger partial charge in [0.05, 0.1) is 17.6 Å². The highest BCUT2D eigenvalue weighted by molar-refractivity contribution is 7.99. The zero-order valence-electron chi connectivity index (χ0n) is 19.4. The maximum absolute atomic E-state index is 13.7. The van der Waals surface area contributed by atoms with Crippen LogP contribution in [0.4, 0.5) is 0 Å². The summed E-state index contributed by atoms with van der Waals surface area (Å²) in [5.74, 6) is 1.24. The van der Waals surface area contributed by atoms with E-state index in [9.17, 15) is 9.59 Å². The van der Waals surface area contributed by atoms with E-state index in [1.807, 2.05) is 52.1 Å². The molecule has 0 unspecified atom stereocenters. The van der Waals surface area contributed by atoms with Crippen LogP contribution < -0.4 is 5.32 Å². The number of thioether (sulfide) groups is 1. The molecule has 1 saturated heterocycles. The SMILES string of the molecule is Cc1ccc(-c2ccccc2C(=O)N2CSC[C@H]2CNC(=O)c2c(C)nc3sccn23)cc1C. The highest BCUT2D eigenvalue weighted by atomic mass is 32.2. The number of amides is 2. The fourth-order valence-corrected chi connectivity index (χ4v) is 6.28. The van der Waals surface area contributed by atoms with Gasteiger partial charge in [-0.1, -0.05) is 36.4 Å². The van der Waals surface area contributed by atoms with Gasteiger partial charge >= 0.3 is 0 Å². The van der Waals surface area contributed by atoms with Gasteiger partial charge in [-0.25, -0.2) is 4.98 Å². The molecule has 0 spiro atoms. The third-order valence-corrected chi connectivity index (χ3v) is 8.21. The number of carbonyl (C=O) groups is 2. The summed E-state index contributed by atoms with van der Waals surface area (Å²) in [5, 5.41) is 4.96. The Morgan fingerprint density at radius 3 is 2.76 bits per heavy atom. The predicted molar refractivity (Wildman–Crippen MR) is 139 cm³/mol. The van der Waals surface area contributed by atoms with Crippen LogP contribution in [0.5, 0.6) is 0 Å². The van der Waals surface area contributed by atoms with Crippen LogP contribution in [0.1, 0.15) is 37.7 Å². The van der Waals surface area contributed by atoms with Gasteiger partial charge in [0.2, 0.25) is 0 Å². The Hall–Kier alpha value is -3.10. The minimum atomic E-state index is -0.164. The molecule has 0 radical (unpaired) electrons. The first kappa shape index (κ1) is 22.7. The van der Waals surface area contributed by atoms with Gasteiger partial charge in [-0.2, -0.15) is 0 Å². The van der Waals surface area contributed by atoms with Crippen molar-refractivity contribution in [2.75, 3.05) is 18.2 Å². The Bertz CT molecular complexity index is 1390. The first-order chi connectivity index (χ1) is 16.4. The van der Waals surface area contributed by atoms with Crippen LogP contribution in [0.2, 0.25) is 0 Å². The first-order valence-corrected chi connectivity index (χ1v) is 13.2. The predicted octanol–water partition coefficient (Wildman–Crippen LogP) is 4.93. The lowest BCUT2D eigenvalue weighted by atomic mass is 9.96. The Kier molecular flexibility index (Phi) is 6.18. The van der Waals surface area contributed by atoms with Crippen LogP contribution >= 0.6 is 23.1 Å². The zero-order chi connectivity index (χ0) is 23.8. The molecule has 2 amide bonds. The maximum Gasteiger partial charge on any atom is 0.270 e. The van der Waals surface area contributed by atoms with Crippen LogP contribution in [-0.4, -0.2) is 50.3 Å². The number of nitrogens with one attached hydrogen (secondary N) is 1. The van der Waals surface area contributed by atoms with Gasteiger partial charge in [0.1, 0.15) is 5.69 Å². The normalized spacial score (nSPS) is 15.7. The molecule has 4 aromatic rings. The van der Waals surface area contributed by atoms with Gasteiger partial charge in [-0.3, -0.25) is 14.0 Å². The first-order valence-electron chi connectivity index (χ1n) is 11.2. The number of carbonyl (C=O) groups excluding carboxylic acids is 2. The minimum Gasteiger partial charge on any atom is -0.349 e. The topological polar surface area (TPSA) is 66.7 Å². The van der Waals surface area contributed by atoms with Gasteiger partial charge in [0.25, 0.3) is 11.8 Å². The summed E-state index contributed by atoms with van der Waals surface area (Å²) in [7, 11) is 0. The number of thiazole rings is 1. The van der Waals surface area contributed by atoms with Crippen LogP contribution in [0.3, 0.4) is 0 Å². The van der Waals surface area contributed by atoms with E-state index in [0.717, 1.165) is 21.8 Å². The molecule has 2 aromatic carbocycles. The number of fused-ring (bicyclic) bond motifs is 1. The second kappa shape index (κ2) is 9.27. The molecule has 0 aliphatic carbocycles. The lowest BCUT2D eigenvalue weighted by Crippen LogP contribution is -2.44. The van der Waals surface area contributed by atoms with E-state index in [2.05, 4.69) is 42.3 Å². The van der Waals surface area contributed by atoms with Crippen molar-refractivity contribution in [1.82, 2.24) is 19.6 Å². The maximum atomic E-state index is 13.7. The van der Waals surface area contributed by atoms with Gasteiger partial charge in [0, 0.05) is 29.4 Å². The average Bonchev–Trinajstić information content (AvgIpc) is 3.55.